The standard InChI is InChI=1S/C24H24F4N4O3/c1-13-8-16(9-14(2)30-13)17-4-5-20(32-6-7-34-21(11-32)24(26,27)28)22(25)18(17)10-29-23(33)19-12-35-31-15(19)3/h4-5,8-9,12,21H,6-7,10-11H2,1-3H3,(H,29,33)/t21-/m0/s1. The number of rotatable bonds is 5. The molecule has 1 saturated heterocycles. The van der Waals surface area contributed by atoms with Crippen LogP contribution >= 0.6 is 0 Å². The van der Waals surface area contributed by atoms with Crippen molar-refractivity contribution in [2.45, 2.75) is 39.6 Å². The van der Waals surface area contributed by atoms with Gasteiger partial charge in [-0.05, 0) is 50.1 Å². The number of nitrogens with zero attached hydrogens (tertiary/aromatic N) is 3. The van der Waals surface area contributed by atoms with E-state index in [1.807, 2.05) is 13.8 Å². The van der Waals surface area contributed by atoms with Crippen molar-refractivity contribution in [1.29, 1.82) is 0 Å². The molecule has 186 valence electrons. The quantitative estimate of drug-likeness (QED) is 0.529. The fourth-order valence-corrected chi connectivity index (χ4v) is 4.13. The molecule has 0 radical (unpaired) electrons. The Hall–Kier alpha value is -3.47. The number of carbonyl (C=O) groups is 1. The lowest BCUT2D eigenvalue weighted by atomic mass is 9.97. The van der Waals surface area contributed by atoms with Gasteiger partial charge in [0.1, 0.15) is 11.8 Å². The van der Waals surface area contributed by atoms with Gasteiger partial charge in [0, 0.05) is 30.0 Å². The van der Waals surface area contributed by atoms with E-state index in [0.29, 0.717) is 16.8 Å². The molecule has 1 aromatic carbocycles. The molecule has 3 heterocycles. The number of anilines is 1. The SMILES string of the molecule is Cc1cc(-c2ccc(N3CCO[C@H](C(F)(F)F)C3)c(F)c2CNC(=O)c2conc2C)cc(C)n1. The Bertz CT molecular complexity index is 1220. The number of nitrogens with one attached hydrogen (secondary N) is 1. The van der Waals surface area contributed by atoms with Gasteiger partial charge in [0.05, 0.1) is 24.5 Å². The minimum atomic E-state index is -4.56. The normalized spacial score (nSPS) is 16.4. The van der Waals surface area contributed by atoms with Crippen molar-refractivity contribution in [2.75, 3.05) is 24.6 Å². The van der Waals surface area contributed by atoms with E-state index in [9.17, 15) is 18.0 Å². The summed E-state index contributed by atoms with van der Waals surface area (Å²) in [5.41, 5.74) is 3.37. The van der Waals surface area contributed by atoms with Crippen molar-refractivity contribution in [3.8, 4) is 11.1 Å². The van der Waals surface area contributed by atoms with Crippen molar-refractivity contribution in [1.82, 2.24) is 15.5 Å². The van der Waals surface area contributed by atoms with Crippen LogP contribution in [0.4, 0.5) is 23.2 Å². The van der Waals surface area contributed by atoms with Gasteiger partial charge in [-0.25, -0.2) is 4.39 Å². The minimum absolute atomic E-state index is 0.0132. The van der Waals surface area contributed by atoms with Gasteiger partial charge in [0.25, 0.3) is 5.91 Å². The van der Waals surface area contributed by atoms with Gasteiger partial charge < -0.3 is 19.5 Å². The Morgan fingerprint density at radius 1 is 1.20 bits per heavy atom. The summed E-state index contributed by atoms with van der Waals surface area (Å²) < 4.78 is 65.3. The summed E-state index contributed by atoms with van der Waals surface area (Å²) in [6.45, 7) is 4.40. The number of pyridine rings is 1. The van der Waals surface area contributed by atoms with Gasteiger partial charge in [-0.3, -0.25) is 9.78 Å². The lowest BCUT2D eigenvalue weighted by Gasteiger charge is -2.35. The van der Waals surface area contributed by atoms with Crippen molar-refractivity contribution < 1.29 is 31.6 Å². The van der Waals surface area contributed by atoms with Crippen LogP contribution in [0.3, 0.4) is 0 Å². The highest BCUT2D eigenvalue weighted by molar-refractivity contribution is 5.94. The van der Waals surface area contributed by atoms with Crippen molar-refractivity contribution >= 4 is 11.6 Å². The smallest absolute Gasteiger partial charge is 0.365 e. The second kappa shape index (κ2) is 9.65. The van der Waals surface area contributed by atoms with Gasteiger partial charge in [0.15, 0.2) is 11.9 Å². The van der Waals surface area contributed by atoms with E-state index < -0.39 is 30.5 Å². The molecule has 2 aromatic heterocycles. The van der Waals surface area contributed by atoms with Crippen LogP contribution in [-0.2, 0) is 11.3 Å². The molecule has 7 nitrogen and oxygen atoms in total. The van der Waals surface area contributed by atoms with E-state index in [1.54, 1.807) is 25.1 Å². The molecule has 1 aliphatic heterocycles. The molecular weight excluding hydrogens is 468 g/mol. The zero-order valence-corrected chi connectivity index (χ0v) is 19.4. The van der Waals surface area contributed by atoms with Gasteiger partial charge in [-0.2, -0.15) is 13.2 Å². The van der Waals surface area contributed by atoms with Crippen LogP contribution in [-0.4, -0.2) is 48.0 Å². The molecule has 11 heteroatoms. The Morgan fingerprint density at radius 3 is 2.54 bits per heavy atom. The fourth-order valence-electron chi connectivity index (χ4n) is 4.13. The molecule has 4 rings (SSSR count). The predicted octanol–water partition coefficient (Wildman–Crippen LogP) is 4.50. The first kappa shape index (κ1) is 24.6. The third-order valence-corrected chi connectivity index (χ3v) is 5.81. The molecule has 0 aliphatic carbocycles. The molecule has 1 N–H and O–H groups in total. The fraction of sp³-hybridized carbons (Fsp3) is 0.375. The number of aromatic nitrogens is 2. The number of benzene rings is 1. The zero-order chi connectivity index (χ0) is 25.3. The number of amides is 1. The highest BCUT2D eigenvalue weighted by Gasteiger charge is 2.43. The van der Waals surface area contributed by atoms with Gasteiger partial charge in [0.2, 0.25) is 0 Å². The predicted molar refractivity (Wildman–Crippen MR) is 120 cm³/mol. The number of alkyl halides is 3. The first-order chi connectivity index (χ1) is 16.5. The third kappa shape index (κ3) is 5.29. The van der Waals surface area contributed by atoms with Crippen LogP contribution in [0, 0.1) is 26.6 Å². The molecule has 0 unspecified atom stereocenters. The van der Waals surface area contributed by atoms with Gasteiger partial charge >= 0.3 is 6.18 Å². The number of carbonyl (C=O) groups excluding carboxylic acids is 1. The molecule has 1 amide bonds. The van der Waals surface area contributed by atoms with Crippen LogP contribution < -0.4 is 10.2 Å². The zero-order valence-electron chi connectivity index (χ0n) is 19.4. The largest absolute Gasteiger partial charge is 0.416 e. The first-order valence-corrected chi connectivity index (χ1v) is 10.9. The molecule has 0 spiro atoms. The molecule has 35 heavy (non-hydrogen) atoms. The van der Waals surface area contributed by atoms with E-state index in [-0.39, 0.29) is 36.5 Å². The van der Waals surface area contributed by atoms with Crippen LogP contribution in [0.5, 0.6) is 0 Å². The topological polar surface area (TPSA) is 80.5 Å². The van der Waals surface area contributed by atoms with Crippen molar-refractivity contribution in [3.63, 3.8) is 0 Å². The molecule has 0 saturated carbocycles. The number of halogens is 4. The van der Waals surface area contributed by atoms with E-state index >= 15 is 4.39 Å². The number of ether oxygens (including phenoxy) is 1. The highest BCUT2D eigenvalue weighted by Crippen LogP contribution is 2.35. The summed E-state index contributed by atoms with van der Waals surface area (Å²) in [6.07, 6.45) is -5.38. The highest BCUT2D eigenvalue weighted by atomic mass is 19.4. The van der Waals surface area contributed by atoms with Gasteiger partial charge in [-0.1, -0.05) is 11.2 Å². The van der Waals surface area contributed by atoms with E-state index in [0.717, 1.165) is 11.4 Å². The summed E-state index contributed by atoms with van der Waals surface area (Å²) in [6, 6.07) is 6.68. The maximum absolute atomic E-state index is 15.9. The molecule has 1 atom stereocenters. The van der Waals surface area contributed by atoms with Gasteiger partial charge in [-0.15, -0.1) is 0 Å². The molecule has 0 bridgehead atoms. The summed E-state index contributed by atoms with van der Waals surface area (Å²) in [7, 11) is 0. The van der Waals surface area contributed by atoms with E-state index in [1.165, 1.54) is 17.2 Å². The average Bonchev–Trinajstić information content (AvgIpc) is 3.22. The van der Waals surface area contributed by atoms with E-state index in [4.69, 9.17) is 9.26 Å². The summed E-state index contributed by atoms with van der Waals surface area (Å²) in [5.74, 6) is -1.22. The van der Waals surface area contributed by atoms with Crippen molar-refractivity contribution in [2.24, 2.45) is 0 Å². The summed E-state index contributed by atoms with van der Waals surface area (Å²) in [5, 5.41) is 6.34. The van der Waals surface area contributed by atoms with Crippen LogP contribution in [0.15, 0.2) is 35.1 Å². The second-order valence-electron chi connectivity index (χ2n) is 8.41. The number of morpholine rings is 1. The molecule has 1 aliphatic rings. The number of hydrogen-bond donors (Lipinski definition) is 1. The van der Waals surface area contributed by atoms with Crippen molar-refractivity contribution in [3.05, 3.63) is 64.6 Å². The monoisotopic (exact) mass is 492 g/mol. The lowest BCUT2D eigenvalue weighted by molar-refractivity contribution is -0.221. The second-order valence-corrected chi connectivity index (χ2v) is 8.41. The maximum atomic E-state index is 15.9. The average molecular weight is 492 g/mol. The molecule has 1 fully saturated rings. The van der Waals surface area contributed by atoms with Crippen LogP contribution in [0.1, 0.15) is 33.0 Å². The Balaban J connectivity index is 1.72. The Kier molecular flexibility index (Phi) is 6.79. The first-order valence-electron chi connectivity index (χ1n) is 10.9. The number of aryl methyl sites for hydroxylation is 3. The summed E-state index contributed by atoms with van der Waals surface area (Å²) >= 11 is 0. The van der Waals surface area contributed by atoms with E-state index in [2.05, 4.69) is 15.5 Å². The lowest BCUT2D eigenvalue weighted by Crippen LogP contribution is -2.49. The summed E-state index contributed by atoms with van der Waals surface area (Å²) in [4.78, 5) is 18.3. The Morgan fingerprint density at radius 2 is 1.91 bits per heavy atom. The number of hydrogen-bond acceptors (Lipinski definition) is 6. The Labute approximate surface area is 199 Å². The van der Waals surface area contributed by atoms with Crippen LogP contribution in [0.25, 0.3) is 11.1 Å². The molecule has 3 aromatic rings. The third-order valence-electron chi connectivity index (χ3n) is 5.81. The maximum Gasteiger partial charge on any atom is 0.416 e. The minimum Gasteiger partial charge on any atom is -0.365 e. The van der Waals surface area contributed by atoms with Crippen LogP contribution in [0.2, 0.25) is 0 Å². The molecular formula is C24H24F4N4O3.